The number of benzene rings is 1. The summed E-state index contributed by atoms with van der Waals surface area (Å²) in [5.74, 6) is 1.12. The van der Waals surface area contributed by atoms with Gasteiger partial charge in [0.05, 0.1) is 0 Å². The summed E-state index contributed by atoms with van der Waals surface area (Å²) in [5, 5.41) is 8.50. The van der Waals surface area contributed by atoms with Gasteiger partial charge in [-0.05, 0) is 86.8 Å². The first-order valence-corrected chi connectivity index (χ1v) is 14.1. The van der Waals surface area contributed by atoms with Crippen molar-refractivity contribution in [3.63, 3.8) is 0 Å². The van der Waals surface area contributed by atoms with Gasteiger partial charge in [0.2, 0.25) is 5.95 Å². The van der Waals surface area contributed by atoms with Gasteiger partial charge in [0.25, 0.3) is 0 Å². The summed E-state index contributed by atoms with van der Waals surface area (Å²) in [4.78, 5) is 20.6. The van der Waals surface area contributed by atoms with Gasteiger partial charge >= 0.3 is 0 Å². The summed E-state index contributed by atoms with van der Waals surface area (Å²) in [6.45, 7) is 3.88. The maximum Gasteiger partial charge on any atom is 0.232 e. The third-order valence-corrected chi connectivity index (χ3v) is 8.41. The van der Waals surface area contributed by atoms with E-state index < -0.39 is 0 Å². The summed E-state index contributed by atoms with van der Waals surface area (Å²) in [6, 6.07) is 11.1. The van der Waals surface area contributed by atoms with Gasteiger partial charge in [0, 0.05) is 43.0 Å². The Hall–Kier alpha value is -2.85. The predicted octanol–water partition coefficient (Wildman–Crippen LogP) is 5.73. The molecule has 10 heteroatoms. The minimum atomic E-state index is -0.211. The van der Waals surface area contributed by atoms with Crippen LogP contribution in [-0.2, 0) is 5.41 Å². The number of hydrogen-bond donors (Lipinski definition) is 2. The first-order chi connectivity index (χ1) is 18.0. The average Bonchev–Trinajstić information content (AvgIpc) is 3.39. The first kappa shape index (κ1) is 25.8. The molecule has 2 aliphatic rings. The molecule has 37 heavy (non-hydrogen) atoms. The zero-order valence-corrected chi connectivity index (χ0v) is 22.6. The third-order valence-electron chi connectivity index (χ3n) is 7.35. The number of nitrogens with one attached hydrogen (secondary N) is 2. The number of nitrogens with zero attached hydrogens (tertiary/aromatic N) is 5. The number of thiocarbonyl (C=S) groups is 1. The van der Waals surface area contributed by atoms with E-state index in [1.165, 1.54) is 18.2 Å². The van der Waals surface area contributed by atoms with Gasteiger partial charge in [-0.1, -0.05) is 25.0 Å². The van der Waals surface area contributed by atoms with Crippen molar-refractivity contribution in [2.45, 2.75) is 73.5 Å². The number of aromatic nitrogens is 4. The minimum absolute atomic E-state index is 0.0585. The van der Waals surface area contributed by atoms with Crippen LogP contribution in [0.15, 0.2) is 59.0 Å². The van der Waals surface area contributed by atoms with Crippen LogP contribution in [0.3, 0.4) is 0 Å². The SMILES string of the molecule is C[C@H]1CCCCN1c1cc(Sc2ncccn2)nc(NC(=S)NCC2(c3ccc(F)cc3)CCCC2)n1. The molecule has 0 bridgehead atoms. The summed E-state index contributed by atoms with van der Waals surface area (Å²) < 4.78 is 13.5. The van der Waals surface area contributed by atoms with E-state index in [9.17, 15) is 4.39 Å². The van der Waals surface area contributed by atoms with Gasteiger partial charge < -0.3 is 15.5 Å². The molecule has 1 saturated carbocycles. The smallest absolute Gasteiger partial charge is 0.232 e. The Bertz CT molecular complexity index is 1200. The molecule has 1 aliphatic heterocycles. The molecule has 194 valence electrons. The van der Waals surface area contributed by atoms with Crippen LogP contribution in [-0.4, -0.2) is 44.2 Å². The second kappa shape index (κ2) is 11.7. The normalized spacial score (nSPS) is 19.0. The van der Waals surface area contributed by atoms with Crippen molar-refractivity contribution in [1.29, 1.82) is 0 Å². The van der Waals surface area contributed by atoms with Gasteiger partial charge in [-0.2, -0.15) is 4.98 Å². The highest BCUT2D eigenvalue weighted by Crippen LogP contribution is 2.40. The van der Waals surface area contributed by atoms with E-state index in [1.807, 2.05) is 18.2 Å². The average molecular weight is 538 g/mol. The molecule has 0 radical (unpaired) electrons. The molecule has 2 fully saturated rings. The Morgan fingerprint density at radius 1 is 1.11 bits per heavy atom. The number of hydrogen-bond acceptors (Lipinski definition) is 7. The fourth-order valence-electron chi connectivity index (χ4n) is 5.36. The molecule has 0 spiro atoms. The van der Waals surface area contributed by atoms with Crippen LogP contribution < -0.4 is 15.5 Å². The molecule has 1 saturated heterocycles. The lowest BCUT2D eigenvalue weighted by Crippen LogP contribution is -2.41. The fraction of sp³-hybridized carbons (Fsp3) is 0.444. The van der Waals surface area contributed by atoms with E-state index in [0.29, 0.717) is 28.8 Å². The van der Waals surface area contributed by atoms with Gasteiger partial charge in [0.15, 0.2) is 10.3 Å². The van der Waals surface area contributed by atoms with Crippen molar-refractivity contribution in [3.05, 3.63) is 60.2 Å². The highest BCUT2D eigenvalue weighted by Gasteiger charge is 2.35. The third kappa shape index (κ3) is 6.35. The maximum atomic E-state index is 13.5. The molecule has 3 heterocycles. The molecule has 1 aliphatic carbocycles. The molecule has 7 nitrogen and oxygen atoms in total. The number of halogens is 1. The van der Waals surface area contributed by atoms with Crippen molar-refractivity contribution >= 4 is 40.9 Å². The Kier molecular flexibility index (Phi) is 8.14. The Labute approximate surface area is 227 Å². The van der Waals surface area contributed by atoms with Crippen molar-refractivity contribution < 1.29 is 4.39 Å². The van der Waals surface area contributed by atoms with Gasteiger partial charge in [-0.3, -0.25) is 0 Å². The number of anilines is 2. The molecule has 5 rings (SSSR count). The van der Waals surface area contributed by atoms with E-state index in [2.05, 4.69) is 32.4 Å². The van der Waals surface area contributed by atoms with Gasteiger partial charge in [-0.25, -0.2) is 19.3 Å². The van der Waals surface area contributed by atoms with Crippen molar-refractivity contribution in [3.8, 4) is 0 Å². The molecule has 1 aromatic carbocycles. The van der Waals surface area contributed by atoms with E-state index in [1.54, 1.807) is 30.6 Å². The second-order valence-corrected chi connectivity index (χ2v) is 11.3. The molecule has 1 atom stereocenters. The standard InChI is InChI=1S/C27H32FN7S2/c1-19-7-2-5-16-35(19)22-17-23(37-26-29-14-6-15-30-26)33-24(32-22)34-25(36)31-18-27(12-3-4-13-27)20-8-10-21(28)11-9-20/h6,8-11,14-15,17,19H,2-5,7,12-13,16,18H2,1H3,(H2,31,32,33,34,36)/t19-/m0/s1. The van der Waals surface area contributed by atoms with Crippen molar-refractivity contribution in [1.82, 2.24) is 25.3 Å². The number of rotatable bonds is 7. The van der Waals surface area contributed by atoms with Crippen LogP contribution in [0.1, 0.15) is 57.4 Å². The molecule has 3 aromatic rings. The Morgan fingerprint density at radius 2 is 1.86 bits per heavy atom. The summed E-state index contributed by atoms with van der Waals surface area (Å²) in [6.07, 6.45) is 11.4. The maximum absolute atomic E-state index is 13.5. The summed E-state index contributed by atoms with van der Waals surface area (Å²) >= 11 is 7.09. The predicted molar refractivity (Wildman–Crippen MR) is 150 cm³/mol. The van der Waals surface area contributed by atoms with Crippen LogP contribution in [0.25, 0.3) is 0 Å². The lowest BCUT2D eigenvalue weighted by Gasteiger charge is -2.34. The lowest BCUT2D eigenvalue weighted by atomic mass is 9.79. The zero-order chi connectivity index (χ0) is 25.7. The van der Waals surface area contributed by atoms with E-state index in [4.69, 9.17) is 22.2 Å². The van der Waals surface area contributed by atoms with E-state index in [0.717, 1.165) is 61.5 Å². The van der Waals surface area contributed by atoms with E-state index >= 15 is 0 Å². The minimum Gasteiger partial charge on any atom is -0.361 e. The number of piperidine rings is 1. The van der Waals surface area contributed by atoms with Crippen molar-refractivity contribution in [2.24, 2.45) is 0 Å². The summed E-state index contributed by atoms with van der Waals surface area (Å²) in [5.41, 5.74) is 1.09. The highest BCUT2D eigenvalue weighted by atomic mass is 32.2. The molecule has 2 aromatic heterocycles. The van der Waals surface area contributed by atoms with Crippen LogP contribution >= 0.6 is 24.0 Å². The monoisotopic (exact) mass is 537 g/mol. The van der Waals surface area contributed by atoms with Crippen LogP contribution in [0.5, 0.6) is 0 Å². The largest absolute Gasteiger partial charge is 0.361 e. The summed E-state index contributed by atoms with van der Waals surface area (Å²) in [7, 11) is 0. The molecular formula is C27H32FN7S2. The Morgan fingerprint density at radius 3 is 2.59 bits per heavy atom. The molecule has 0 amide bonds. The Balaban J connectivity index is 1.33. The second-order valence-electron chi connectivity index (χ2n) is 9.86. The van der Waals surface area contributed by atoms with Crippen LogP contribution in [0, 0.1) is 5.82 Å². The van der Waals surface area contributed by atoms with E-state index in [-0.39, 0.29) is 11.2 Å². The topological polar surface area (TPSA) is 78.9 Å². The van der Waals surface area contributed by atoms with Crippen molar-refractivity contribution in [2.75, 3.05) is 23.3 Å². The van der Waals surface area contributed by atoms with Gasteiger partial charge in [0.1, 0.15) is 16.7 Å². The molecule has 2 N–H and O–H groups in total. The molecule has 0 unspecified atom stereocenters. The van der Waals surface area contributed by atoms with Crippen LogP contribution in [0.2, 0.25) is 0 Å². The first-order valence-electron chi connectivity index (χ1n) is 12.9. The quantitative estimate of drug-likeness (QED) is 0.223. The lowest BCUT2D eigenvalue weighted by molar-refractivity contribution is 0.434. The van der Waals surface area contributed by atoms with Crippen LogP contribution in [0.4, 0.5) is 16.2 Å². The fourth-order valence-corrected chi connectivity index (χ4v) is 6.23. The zero-order valence-electron chi connectivity index (χ0n) is 21.0. The highest BCUT2D eigenvalue weighted by molar-refractivity contribution is 7.99. The molecular weight excluding hydrogens is 505 g/mol. The van der Waals surface area contributed by atoms with Gasteiger partial charge in [-0.15, -0.1) is 0 Å².